The number of hydrogen-bond acceptors (Lipinski definition) is 4. The molecule has 0 amide bonds. The molecular formula is C12H17N3O. The van der Waals surface area contributed by atoms with Gasteiger partial charge in [-0.1, -0.05) is 0 Å². The van der Waals surface area contributed by atoms with Gasteiger partial charge in [0.2, 0.25) is 0 Å². The Hall–Kier alpha value is -1.00. The SMILES string of the molecule is c1cc(C2OCCC2CNC2CC2)ncn1. The van der Waals surface area contributed by atoms with Gasteiger partial charge in [-0.3, -0.25) is 0 Å². The standard InChI is InChI=1S/C12H17N3O/c1-2-10(1)14-7-9-4-6-16-12(9)11-3-5-13-8-15-11/h3,5,8-10,12,14H,1-2,4,6-7H2. The average Bonchev–Trinajstić information content (AvgIpc) is 3.05. The highest BCUT2D eigenvalue weighted by atomic mass is 16.5. The van der Waals surface area contributed by atoms with E-state index in [0.717, 1.165) is 31.3 Å². The molecular weight excluding hydrogens is 202 g/mol. The van der Waals surface area contributed by atoms with Crippen LogP contribution in [0.1, 0.15) is 31.1 Å². The summed E-state index contributed by atoms with van der Waals surface area (Å²) in [6.45, 7) is 1.91. The molecule has 3 rings (SSSR count). The molecule has 1 aliphatic heterocycles. The Bertz CT molecular complexity index is 339. The van der Waals surface area contributed by atoms with E-state index in [0.29, 0.717) is 5.92 Å². The summed E-state index contributed by atoms with van der Waals surface area (Å²) >= 11 is 0. The topological polar surface area (TPSA) is 47.0 Å². The monoisotopic (exact) mass is 219 g/mol. The van der Waals surface area contributed by atoms with Crippen molar-refractivity contribution < 1.29 is 4.74 Å². The predicted octanol–water partition coefficient (Wildman–Crippen LogP) is 1.31. The van der Waals surface area contributed by atoms with Crippen molar-refractivity contribution in [1.82, 2.24) is 15.3 Å². The summed E-state index contributed by atoms with van der Waals surface area (Å²) in [6, 6.07) is 2.73. The van der Waals surface area contributed by atoms with Gasteiger partial charge in [0.05, 0.1) is 5.69 Å². The van der Waals surface area contributed by atoms with E-state index < -0.39 is 0 Å². The fourth-order valence-electron chi connectivity index (χ4n) is 2.24. The van der Waals surface area contributed by atoms with Gasteiger partial charge in [-0.15, -0.1) is 0 Å². The lowest BCUT2D eigenvalue weighted by Gasteiger charge is -2.18. The molecule has 4 heteroatoms. The molecule has 0 spiro atoms. The number of nitrogens with zero attached hydrogens (tertiary/aromatic N) is 2. The maximum absolute atomic E-state index is 5.77. The van der Waals surface area contributed by atoms with Crippen LogP contribution in [0.5, 0.6) is 0 Å². The second kappa shape index (κ2) is 4.47. The maximum Gasteiger partial charge on any atom is 0.115 e. The summed E-state index contributed by atoms with van der Waals surface area (Å²) in [7, 11) is 0. The number of nitrogens with one attached hydrogen (secondary N) is 1. The van der Waals surface area contributed by atoms with Crippen molar-refractivity contribution in [3.05, 3.63) is 24.3 Å². The van der Waals surface area contributed by atoms with Crippen LogP contribution < -0.4 is 5.32 Å². The Morgan fingerprint density at radius 1 is 1.38 bits per heavy atom. The van der Waals surface area contributed by atoms with E-state index in [1.54, 1.807) is 12.5 Å². The smallest absolute Gasteiger partial charge is 0.115 e. The molecule has 1 aromatic rings. The second-order valence-electron chi connectivity index (χ2n) is 4.66. The highest BCUT2D eigenvalue weighted by molar-refractivity contribution is 5.06. The molecule has 2 aliphatic rings. The first kappa shape index (κ1) is 10.2. The van der Waals surface area contributed by atoms with E-state index in [2.05, 4.69) is 15.3 Å². The molecule has 2 atom stereocenters. The third-order valence-electron chi connectivity index (χ3n) is 3.36. The molecule has 0 bridgehead atoms. The Morgan fingerprint density at radius 3 is 3.06 bits per heavy atom. The van der Waals surface area contributed by atoms with Crippen LogP contribution >= 0.6 is 0 Å². The van der Waals surface area contributed by atoms with Crippen molar-refractivity contribution in [3.8, 4) is 0 Å². The van der Waals surface area contributed by atoms with Crippen LogP contribution in [0.3, 0.4) is 0 Å². The fraction of sp³-hybridized carbons (Fsp3) is 0.667. The van der Waals surface area contributed by atoms with Crippen LogP contribution in [0.4, 0.5) is 0 Å². The molecule has 4 nitrogen and oxygen atoms in total. The zero-order valence-electron chi connectivity index (χ0n) is 9.30. The van der Waals surface area contributed by atoms with Crippen LogP contribution in [0.25, 0.3) is 0 Å². The Balaban J connectivity index is 1.63. The van der Waals surface area contributed by atoms with E-state index in [4.69, 9.17) is 4.74 Å². The van der Waals surface area contributed by atoms with Crippen molar-refractivity contribution in [2.75, 3.05) is 13.2 Å². The van der Waals surface area contributed by atoms with Gasteiger partial charge in [0.25, 0.3) is 0 Å². The lowest BCUT2D eigenvalue weighted by Crippen LogP contribution is -2.26. The van der Waals surface area contributed by atoms with Crippen LogP contribution in [-0.4, -0.2) is 29.2 Å². The number of aromatic nitrogens is 2. The number of ether oxygens (including phenoxy) is 1. The van der Waals surface area contributed by atoms with Gasteiger partial charge in [-0.25, -0.2) is 9.97 Å². The number of rotatable bonds is 4. The van der Waals surface area contributed by atoms with Gasteiger partial charge < -0.3 is 10.1 Å². The van der Waals surface area contributed by atoms with Crippen molar-refractivity contribution in [2.24, 2.45) is 5.92 Å². The largest absolute Gasteiger partial charge is 0.372 e. The van der Waals surface area contributed by atoms with E-state index in [1.807, 2.05) is 6.07 Å². The van der Waals surface area contributed by atoms with Crippen molar-refractivity contribution >= 4 is 0 Å². The molecule has 1 saturated carbocycles. The second-order valence-corrected chi connectivity index (χ2v) is 4.66. The first-order chi connectivity index (χ1) is 7.93. The quantitative estimate of drug-likeness (QED) is 0.829. The van der Waals surface area contributed by atoms with Crippen LogP contribution in [0, 0.1) is 5.92 Å². The van der Waals surface area contributed by atoms with Gasteiger partial charge in [-0.05, 0) is 25.3 Å². The van der Waals surface area contributed by atoms with E-state index in [1.165, 1.54) is 12.8 Å². The highest BCUT2D eigenvalue weighted by Gasteiger charge is 2.32. The van der Waals surface area contributed by atoms with E-state index in [-0.39, 0.29) is 6.10 Å². The molecule has 16 heavy (non-hydrogen) atoms. The minimum atomic E-state index is 0.161. The molecule has 1 saturated heterocycles. The molecule has 0 radical (unpaired) electrons. The average molecular weight is 219 g/mol. The van der Waals surface area contributed by atoms with Gasteiger partial charge in [-0.2, -0.15) is 0 Å². The van der Waals surface area contributed by atoms with Gasteiger partial charge in [0, 0.05) is 31.3 Å². The zero-order valence-corrected chi connectivity index (χ0v) is 9.30. The summed E-state index contributed by atoms with van der Waals surface area (Å²) < 4.78 is 5.77. The molecule has 1 N–H and O–H groups in total. The van der Waals surface area contributed by atoms with Crippen LogP contribution in [0.15, 0.2) is 18.6 Å². The van der Waals surface area contributed by atoms with Crippen molar-refractivity contribution in [2.45, 2.75) is 31.4 Å². The summed E-state index contributed by atoms with van der Waals surface area (Å²) in [5.41, 5.74) is 1.02. The first-order valence-electron chi connectivity index (χ1n) is 6.04. The lowest BCUT2D eigenvalue weighted by molar-refractivity contribution is 0.0869. The third-order valence-corrected chi connectivity index (χ3v) is 3.36. The fourth-order valence-corrected chi connectivity index (χ4v) is 2.24. The van der Waals surface area contributed by atoms with Gasteiger partial charge >= 0.3 is 0 Å². The molecule has 1 aromatic heterocycles. The Kier molecular flexibility index (Phi) is 2.84. The molecule has 2 heterocycles. The molecule has 86 valence electrons. The lowest BCUT2D eigenvalue weighted by atomic mass is 9.99. The Labute approximate surface area is 95.4 Å². The van der Waals surface area contributed by atoms with E-state index in [9.17, 15) is 0 Å². The predicted molar refractivity (Wildman–Crippen MR) is 59.9 cm³/mol. The van der Waals surface area contributed by atoms with Gasteiger partial charge in [0.15, 0.2) is 0 Å². The first-order valence-corrected chi connectivity index (χ1v) is 6.04. The summed E-state index contributed by atoms with van der Waals surface area (Å²) in [5.74, 6) is 0.565. The normalized spacial score (nSPS) is 29.5. The molecule has 2 fully saturated rings. The Morgan fingerprint density at radius 2 is 2.31 bits per heavy atom. The van der Waals surface area contributed by atoms with Crippen LogP contribution in [0.2, 0.25) is 0 Å². The highest BCUT2D eigenvalue weighted by Crippen LogP contribution is 2.33. The van der Waals surface area contributed by atoms with Crippen molar-refractivity contribution in [1.29, 1.82) is 0 Å². The summed E-state index contributed by atoms with van der Waals surface area (Å²) in [5, 5.41) is 3.57. The van der Waals surface area contributed by atoms with E-state index >= 15 is 0 Å². The minimum Gasteiger partial charge on any atom is -0.372 e. The zero-order chi connectivity index (χ0) is 10.8. The molecule has 1 aliphatic carbocycles. The number of hydrogen-bond donors (Lipinski definition) is 1. The maximum atomic E-state index is 5.77. The minimum absolute atomic E-state index is 0.161. The summed E-state index contributed by atoms with van der Waals surface area (Å²) in [4.78, 5) is 8.23. The summed E-state index contributed by atoms with van der Waals surface area (Å²) in [6.07, 6.45) is 7.36. The van der Waals surface area contributed by atoms with Crippen molar-refractivity contribution in [3.63, 3.8) is 0 Å². The molecule has 0 aromatic carbocycles. The molecule has 2 unspecified atom stereocenters. The van der Waals surface area contributed by atoms with Crippen LogP contribution in [-0.2, 0) is 4.74 Å². The third kappa shape index (κ3) is 2.23. The van der Waals surface area contributed by atoms with Gasteiger partial charge in [0.1, 0.15) is 12.4 Å².